The van der Waals surface area contributed by atoms with E-state index in [9.17, 15) is 4.79 Å². The molecule has 0 aliphatic carbocycles. The number of amides is 1. The van der Waals surface area contributed by atoms with Crippen molar-refractivity contribution < 1.29 is 9.53 Å². The molecule has 110 valence electrons. The first-order valence-corrected chi connectivity index (χ1v) is 7.03. The van der Waals surface area contributed by atoms with E-state index in [-0.39, 0.29) is 18.9 Å². The number of para-hydroxylation sites is 2. The molecule has 1 amide bonds. The molecule has 2 rings (SSSR count). The van der Waals surface area contributed by atoms with Crippen molar-refractivity contribution >= 4 is 40.5 Å². The number of rotatable bonds is 5. The highest BCUT2D eigenvalue weighted by atomic mass is 35.5. The summed E-state index contributed by atoms with van der Waals surface area (Å²) in [5.41, 5.74) is 6.86. The first-order chi connectivity index (χ1) is 10.0. The monoisotopic (exact) mass is 324 g/mol. The molecule has 0 saturated carbocycles. The SMILES string of the molecule is Nc1ccccc1NC(=O)CCOc1cc(Cl)cc(Cl)c1. The molecule has 0 aliphatic heterocycles. The van der Waals surface area contributed by atoms with E-state index in [1.807, 2.05) is 0 Å². The number of carbonyl (C=O) groups is 1. The van der Waals surface area contributed by atoms with Crippen LogP contribution in [0.3, 0.4) is 0 Å². The maximum Gasteiger partial charge on any atom is 0.227 e. The van der Waals surface area contributed by atoms with Crippen LogP contribution in [0.15, 0.2) is 42.5 Å². The van der Waals surface area contributed by atoms with Crippen LogP contribution in [-0.2, 0) is 4.79 Å². The highest BCUT2D eigenvalue weighted by Gasteiger charge is 2.06. The first-order valence-electron chi connectivity index (χ1n) is 6.28. The summed E-state index contributed by atoms with van der Waals surface area (Å²) < 4.78 is 5.45. The number of nitrogen functional groups attached to an aromatic ring is 1. The summed E-state index contributed by atoms with van der Waals surface area (Å²) in [6.07, 6.45) is 0.193. The minimum Gasteiger partial charge on any atom is -0.493 e. The molecule has 0 bridgehead atoms. The van der Waals surface area contributed by atoms with E-state index in [1.54, 1.807) is 42.5 Å². The highest BCUT2D eigenvalue weighted by molar-refractivity contribution is 6.34. The van der Waals surface area contributed by atoms with Crippen LogP contribution in [0.5, 0.6) is 5.75 Å². The molecular weight excluding hydrogens is 311 g/mol. The Labute approximate surface area is 132 Å². The Bertz CT molecular complexity index is 627. The summed E-state index contributed by atoms with van der Waals surface area (Å²) in [7, 11) is 0. The molecule has 0 atom stereocenters. The lowest BCUT2D eigenvalue weighted by Crippen LogP contribution is -2.16. The van der Waals surface area contributed by atoms with Crippen molar-refractivity contribution in [3.8, 4) is 5.75 Å². The van der Waals surface area contributed by atoms with E-state index in [4.69, 9.17) is 33.7 Å². The maximum absolute atomic E-state index is 11.8. The fourth-order valence-corrected chi connectivity index (χ4v) is 2.20. The van der Waals surface area contributed by atoms with Crippen molar-refractivity contribution in [3.05, 3.63) is 52.5 Å². The van der Waals surface area contributed by atoms with Gasteiger partial charge in [-0.05, 0) is 30.3 Å². The molecule has 0 heterocycles. The summed E-state index contributed by atoms with van der Waals surface area (Å²) in [5.74, 6) is 0.348. The molecule has 4 nitrogen and oxygen atoms in total. The van der Waals surface area contributed by atoms with Gasteiger partial charge in [0.2, 0.25) is 5.91 Å². The molecule has 0 spiro atoms. The average Bonchev–Trinajstić information content (AvgIpc) is 2.40. The second-order valence-electron chi connectivity index (χ2n) is 4.34. The third-order valence-corrected chi connectivity index (χ3v) is 3.11. The van der Waals surface area contributed by atoms with E-state index in [0.717, 1.165) is 0 Å². The van der Waals surface area contributed by atoms with Crippen molar-refractivity contribution in [2.24, 2.45) is 0 Å². The normalized spacial score (nSPS) is 10.2. The highest BCUT2D eigenvalue weighted by Crippen LogP contribution is 2.24. The minimum atomic E-state index is -0.180. The van der Waals surface area contributed by atoms with Crippen LogP contribution in [0.1, 0.15) is 6.42 Å². The van der Waals surface area contributed by atoms with Crippen LogP contribution in [0.4, 0.5) is 11.4 Å². The standard InChI is InChI=1S/C15H14Cl2N2O2/c16-10-7-11(17)9-12(8-10)21-6-5-15(20)19-14-4-2-1-3-13(14)18/h1-4,7-9H,5-6,18H2,(H,19,20). The van der Waals surface area contributed by atoms with Gasteiger partial charge in [0, 0.05) is 10.0 Å². The molecular formula is C15H14Cl2N2O2. The third kappa shape index (κ3) is 4.85. The smallest absolute Gasteiger partial charge is 0.227 e. The van der Waals surface area contributed by atoms with Crippen LogP contribution >= 0.6 is 23.2 Å². The van der Waals surface area contributed by atoms with Crippen LogP contribution in [0, 0.1) is 0 Å². The van der Waals surface area contributed by atoms with Crippen LogP contribution in [-0.4, -0.2) is 12.5 Å². The number of carbonyl (C=O) groups excluding carboxylic acids is 1. The van der Waals surface area contributed by atoms with Crippen LogP contribution in [0.25, 0.3) is 0 Å². The molecule has 0 radical (unpaired) electrons. The Balaban J connectivity index is 1.83. The summed E-state index contributed by atoms with van der Waals surface area (Å²) >= 11 is 11.7. The summed E-state index contributed by atoms with van der Waals surface area (Å²) in [6, 6.07) is 12.0. The van der Waals surface area contributed by atoms with Crippen molar-refractivity contribution in [3.63, 3.8) is 0 Å². The zero-order valence-electron chi connectivity index (χ0n) is 11.1. The fourth-order valence-electron chi connectivity index (χ4n) is 1.70. The molecule has 0 aliphatic rings. The summed E-state index contributed by atoms with van der Waals surface area (Å²) in [6.45, 7) is 0.218. The lowest BCUT2D eigenvalue weighted by molar-refractivity contribution is -0.116. The van der Waals surface area contributed by atoms with Gasteiger partial charge in [-0.1, -0.05) is 35.3 Å². The molecule has 2 aromatic rings. The van der Waals surface area contributed by atoms with Gasteiger partial charge in [0.15, 0.2) is 0 Å². The summed E-state index contributed by atoms with van der Waals surface area (Å²) in [4.78, 5) is 11.8. The Kier molecular flexibility index (Phi) is 5.31. The zero-order valence-corrected chi connectivity index (χ0v) is 12.6. The van der Waals surface area contributed by atoms with Gasteiger partial charge in [0.05, 0.1) is 24.4 Å². The molecule has 21 heavy (non-hydrogen) atoms. The molecule has 0 aromatic heterocycles. The number of hydrogen-bond donors (Lipinski definition) is 2. The van der Waals surface area contributed by atoms with Gasteiger partial charge >= 0.3 is 0 Å². The largest absolute Gasteiger partial charge is 0.493 e. The lowest BCUT2D eigenvalue weighted by Gasteiger charge is -2.09. The van der Waals surface area contributed by atoms with E-state index >= 15 is 0 Å². The number of nitrogens with one attached hydrogen (secondary N) is 1. The van der Waals surface area contributed by atoms with Gasteiger partial charge in [-0.15, -0.1) is 0 Å². The second-order valence-corrected chi connectivity index (χ2v) is 5.21. The summed E-state index contributed by atoms with van der Waals surface area (Å²) in [5, 5.41) is 3.69. The topological polar surface area (TPSA) is 64.3 Å². The van der Waals surface area contributed by atoms with Crippen LogP contribution < -0.4 is 15.8 Å². The van der Waals surface area contributed by atoms with Gasteiger partial charge in [-0.3, -0.25) is 4.79 Å². The molecule has 0 saturated heterocycles. The Morgan fingerprint density at radius 3 is 2.48 bits per heavy atom. The Morgan fingerprint density at radius 2 is 1.81 bits per heavy atom. The maximum atomic E-state index is 11.8. The van der Waals surface area contributed by atoms with E-state index in [0.29, 0.717) is 27.2 Å². The zero-order chi connectivity index (χ0) is 15.2. The predicted molar refractivity (Wildman–Crippen MR) is 86.1 cm³/mol. The van der Waals surface area contributed by atoms with E-state index in [2.05, 4.69) is 5.32 Å². The van der Waals surface area contributed by atoms with Crippen molar-refractivity contribution in [1.29, 1.82) is 0 Å². The number of ether oxygens (including phenoxy) is 1. The molecule has 6 heteroatoms. The van der Waals surface area contributed by atoms with Gasteiger partial charge in [0.1, 0.15) is 5.75 Å². The van der Waals surface area contributed by atoms with E-state index in [1.165, 1.54) is 0 Å². The first kappa shape index (κ1) is 15.5. The van der Waals surface area contributed by atoms with E-state index < -0.39 is 0 Å². The Hall–Kier alpha value is -1.91. The molecule has 2 aromatic carbocycles. The van der Waals surface area contributed by atoms with Crippen molar-refractivity contribution in [1.82, 2.24) is 0 Å². The third-order valence-electron chi connectivity index (χ3n) is 2.67. The molecule has 0 fully saturated rings. The second kappa shape index (κ2) is 7.20. The Morgan fingerprint density at radius 1 is 1.14 bits per heavy atom. The van der Waals surface area contributed by atoms with Crippen LogP contribution in [0.2, 0.25) is 10.0 Å². The predicted octanol–water partition coefficient (Wildman–Crippen LogP) is 3.98. The number of benzene rings is 2. The van der Waals surface area contributed by atoms with Crippen molar-refractivity contribution in [2.45, 2.75) is 6.42 Å². The number of nitrogens with two attached hydrogens (primary N) is 1. The van der Waals surface area contributed by atoms with Crippen molar-refractivity contribution in [2.75, 3.05) is 17.7 Å². The number of hydrogen-bond acceptors (Lipinski definition) is 3. The van der Waals surface area contributed by atoms with Gasteiger partial charge in [-0.25, -0.2) is 0 Å². The quantitative estimate of drug-likeness (QED) is 0.817. The molecule has 3 N–H and O–H groups in total. The average molecular weight is 325 g/mol. The minimum absolute atomic E-state index is 0.180. The fraction of sp³-hybridized carbons (Fsp3) is 0.133. The van der Waals surface area contributed by atoms with Gasteiger partial charge < -0.3 is 15.8 Å². The number of halogens is 2. The lowest BCUT2D eigenvalue weighted by atomic mass is 10.2. The molecule has 0 unspecified atom stereocenters. The van der Waals surface area contributed by atoms with Gasteiger partial charge in [-0.2, -0.15) is 0 Å². The van der Waals surface area contributed by atoms with Gasteiger partial charge in [0.25, 0.3) is 0 Å². The number of anilines is 2.